The summed E-state index contributed by atoms with van der Waals surface area (Å²) in [5.74, 6) is 0. The molecule has 0 aliphatic rings. The van der Waals surface area contributed by atoms with Gasteiger partial charge in [0.2, 0.25) is 0 Å². The lowest BCUT2D eigenvalue weighted by Gasteiger charge is -2.21. The van der Waals surface area contributed by atoms with Crippen LogP contribution in [0.5, 0.6) is 0 Å². The predicted molar refractivity (Wildman–Crippen MR) is 77.2 cm³/mol. The summed E-state index contributed by atoms with van der Waals surface area (Å²) in [6, 6.07) is 7.76. The van der Waals surface area contributed by atoms with E-state index in [9.17, 15) is 0 Å². The second-order valence-electron chi connectivity index (χ2n) is 5.62. The van der Waals surface area contributed by atoms with Gasteiger partial charge in [-0.25, -0.2) is 4.68 Å². The number of halogens is 1. The predicted octanol–water partition coefficient (Wildman–Crippen LogP) is 2.74. The van der Waals surface area contributed by atoms with Crippen LogP contribution in [0.3, 0.4) is 0 Å². The van der Waals surface area contributed by atoms with Crippen LogP contribution in [0.2, 0.25) is 5.02 Å². The van der Waals surface area contributed by atoms with E-state index in [0.29, 0.717) is 13.1 Å². The first-order valence-corrected chi connectivity index (χ1v) is 6.67. The lowest BCUT2D eigenvalue weighted by atomic mass is 9.90. The van der Waals surface area contributed by atoms with Crippen molar-refractivity contribution in [2.45, 2.75) is 39.3 Å². The highest BCUT2D eigenvalue weighted by Gasteiger charge is 2.24. The molecular formula is C14H19ClN4. The number of benzene rings is 1. The highest BCUT2D eigenvalue weighted by atomic mass is 35.5. The van der Waals surface area contributed by atoms with Gasteiger partial charge >= 0.3 is 0 Å². The fourth-order valence-corrected chi connectivity index (χ4v) is 2.31. The van der Waals surface area contributed by atoms with Gasteiger partial charge in [0, 0.05) is 17.0 Å². The Morgan fingerprint density at radius 1 is 1.21 bits per heavy atom. The van der Waals surface area contributed by atoms with Gasteiger partial charge in [0.1, 0.15) is 0 Å². The van der Waals surface area contributed by atoms with Crippen LogP contribution in [-0.2, 0) is 18.5 Å². The van der Waals surface area contributed by atoms with E-state index in [-0.39, 0.29) is 5.41 Å². The zero-order valence-electron chi connectivity index (χ0n) is 11.5. The van der Waals surface area contributed by atoms with Crippen molar-refractivity contribution in [1.82, 2.24) is 15.0 Å². The first-order valence-electron chi connectivity index (χ1n) is 6.29. The summed E-state index contributed by atoms with van der Waals surface area (Å²) in [6.45, 7) is 7.51. The van der Waals surface area contributed by atoms with Gasteiger partial charge in [-0.05, 0) is 17.7 Å². The van der Waals surface area contributed by atoms with Crippen molar-refractivity contribution in [2.75, 3.05) is 0 Å². The van der Waals surface area contributed by atoms with E-state index in [2.05, 4.69) is 31.1 Å². The third kappa shape index (κ3) is 3.14. The molecule has 0 amide bonds. The van der Waals surface area contributed by atoms with Gasteiger partial charge < -0.3 is 5.73 Å². The molecule has 102 valence electrons. The monoisotopic (exact) mass is 278 g/mol. The van der Waals surface area contributed by atoms with Crippen molar-refractivity contribution in [1.29, 1.82) is 0 Å². The number of hydrogen-bond acceptors (Lipinski definition) is 3. The molecule has 19 heavy (non-hydrogen) atoms. The van der Waals surface area contributed by atoms with Gasteiger partial charge in [-0.2, -0.15) is 0 Å². The summed E-state index contributed by atoms with van der Waals surface area (Å²) in [7, 11) is 0. The molecule has 0 saturated carbocycles. The van der Waals surface area contributed by atoms with Gasteiger partial charge in [0.25, 0.3) is 0 Å². The van der Waals surface area contributed by atoms with Crippen LogP contribution in [0.15, 0.2) is 24.3 Å². The molecule has 0 saturated heterocycles. The van der Waals surface area contributed by atoms with Crippen molar-refractivity contribution < 1.29 is 0 Å². The highest BCUT2D eigenvalue weighted by molar-refractivity contribution is 6.30. The maximum absolute atomic E-state index is 5.89. The maximum atomic E-state index is 5.89. The van der Waals surface area contributed by atoms with Crippen LogP contribution in [0.25, 0.3) is 0 Å². The molecule has 0 atom stereocenters. The minimum Gasteiger partial charge on any atom is -0.325 e. The molecule has 0 aliphatic carbocycles. The maximum Gasteiger partial charge on any atom is 0.1000 e. The van der Waals surface area contributed by atoms with Crippen LogP contribution < -0.4 is 5.73 Å². The summed E-state index contributed by atoms with van der Waals surface area (Å²) in [5.41, 5.74) is 8.80. The smallest absolute Gasteiger partial charge is 0.1000 e. The van der Waals surface area contributed by atoms with Crippen molar-refractivity contribution in [3.05, 3.63) is 46.2 Å². The van der Waals surface area contributed by atoms with Crippen molar-refractivity contribution in [3.63, 3.8) is 0 Å². The van der Waals surface area contributed by atoms with E-state index in [1.807, 2.05) is 28.9 Å². The van der Waals surface area contributed by atoms with Gasteiger partial charge in [0.05, 0.1) is 17.9 Å². The molecule has 5 heteroatoms. The third-order valence-corrected chi connectivity index (χ3v) is 3.21. The van der Waals surface area contributed by atoms with Crippen LogP contribution in [0.1, 0.15) is 37.7 Å². The van der Waals surface area contributed by atoms with Gasteiger partial charge in [-0.3, -0.25) is 0 Å². The second kappa shape index (κ2) is 5.31. The Balaban J connectivity index is 2.35. The topological polar surface area (TPSA) is 56.7 Å². The SMILES string of the molecule is CC(C)(C)c1c(CN)nnn1Cc1ccc(Cl)cc1. The molecule has 4 nitrogen and oxygen atoms in total. The molecule has 1 heterocycles. The molecule has 0 fully saturated rings. The van der Waals surface area contributed by atoms with Crippen LogP contribution in [0.4, 0.5) is 0 Å². The largest absolute Gasteiger partial charge is 0.325 e. The molecule has 0 unspecified atom stereocenters. The molecule has 2 rings (SSSR count). The lowest BCUT2D eigenvalue weighted by Crippen LogP contribution is -2.21. The number of aromatic nitrogens is 3. The minimum atomic E-state index is -0.0371. The molecule has 1 aromatic carbocycles. The van der Waals surface area contributed by atoms with E-state index in [1.54, 1.807) is 0 Å². The summed E-state index contributed by atoms with van der Waals surface area (Å²) in [4.78, 5) is 0. The lowest BCUT2D eigenvalue weighted by molar-refractivity contribution is 0.498. The molecule has 2 aromatic rings. The average molecular weight is 279 g/mol. The fraction of sp³-hybridized carbons (Fsp3) is 0.429. The van der Waals surface area contributed by atoms with E-state index in [1.165, 1.54) is 0 Å². The van der Waals surface area contributed by atoms with Crippen LogP contribution >= 0.6 is 11.6 Å². The molecule has 1 aromatic heterocycles. The number of nitrogens with zero attached hydrogens (tertiary/aromatic N) is 3. The fourth-order valence-electron chi connectivity index (χ4n) is 2.18. The standard InChI is InChI=1S/C14H19ClN4/c1-14(2,3)13-12(8-16)17-18-19(13)9-10-4-6-11(15)7-5-10/h4-7H,8-9,16H2,1-3H3. The summed E-state index contributed by atoms with van der Waals surface area (Å²) >= 11 is 5.89. The van der Waals surface area contributed by atoms with E-state index in [0.717, 1.165) is 22.0 Å². The summed E-state index contributed by atoms with van der Waals surface area (Å²) in [6.07, 6.45) is 0. The zero-order valence-corrected chi connectivity index (χ0v) is 12.3. The summed E-state index contributed by atoms with van der Waals surface area (Å²) < 4.78 is 1.92. The molecular weight excluding hydrogens is 260 g/mol. The van der Waals surface area contributed by atoms with Crippen LogP contribution in [0, 0.1) is 0 Å². The number of rotatable bonds is 3. The zero-order chi connectivity index (χ0) is 14.0. The molecule has 0 radical (unpaired) electrons. The Morgan fingerprint density at radius 2 is 1.84 bits per heavy atom. The van der Waals surface area contributed by atoms with Crippen LogP contribution in [-0.4, -0.2) is 15.0 Å². The van der Waals surface area contributed by atoms with Crippen molar-refractivity contribution >= 4 is 11.6 Å². The van der Waals surface area contributed by atoms with E-state index in [4.69, 9.17) is 17.3 Å². The van der Waals surface area contributed by atoms with E-state index < -0.39 is 0 Å². The van der Waals surface area contributed by atoms with Crippen molar-refractivity contribution in [3.8, 4) is 0 Å². The Morgan fingerprint density at radius 3 is 2.37 bits per heavy atom. The Bertz CT molecular complexity index is 552. The average Bonchev–Trinajstić information content (AvgIpc) is 2.75. The van der Waals surface area contributed by atoms with Gasteiger partial charge in [-0.1, -0.05) is 49.7 Å². The highest BCUT2D eigenvalue weighted by Crippen LogP contribution is 2.25. The molecule has 2 N–H and O–H groups in total. The quantitative estimate of drug-likeness (QED) is 0.939. The first kappa shape index (κ1) is 14.0. The Labute approximate surface area is 118 Å². The summed E-state index contributed by atoms with van der Waals surface area (Å²) in [5, 5.41) is 9.14. The molecule has 0 aliphatic heterocycles. The first-order chi connectivity index (χ1) is 8.91. The number of nitrogens with two attached hydrogens (primary N) is 1. The Hall–Kier alpha value is -1.39. The third-order valence-electron chi connectivity index (χ3n) is 2.95. The Kier molecular flexibility index (Phi) is 3.92. The van der Waals surface area contributed by atoms with Gasteiger partial charge in [0.15, 0.2) is 0 Å². The minimum absolute atomic E-state index is 0.0371. The normalized spacial score (nSPS) is 11.8. The number of hydrogen-bond donors (Lipinski definition) is 1. The second-order valence-corrected chi connectivity index (χ2v) is 6.06. The molecule has 0 spiro atoms. The van der Waals surface area contributed by atoms with E-state index >= 15 is 0 Å². The van der Waals surface area contributed by atoms with Crippen molar-refractivity contribution in [2.24, 2.45) is 5.73 Å². The molecule has 0 bridgehead atoms. The van der Waals surface area contributed by atoms with Gasteiger partial charge in [-0.15, -0.1) is 5.10 Å².